The Morgan fingerprint density at radius 1 is 0.923 bits per heavy atom. The van der Waals surface area contributed by atoms with Gasteiger partial charge in [-0.1, -0.05) is 79.5 Å². The van der Waals surface area contributed by atoms with E-state index in [-0.39, 0.29) is 23.3 Å². The average Bonchev–Trinajstić information content (AvgIpc) is 2.90. The lowest BCUT2D eigenvalue weighted by molar-refractivity contribution is -0.139. The second kappa shape index (κ2) is 13.3. The van der Waals surface area contributed by atoms with Gasteiger partial charge >= 0.3 is 0 Å². The number of para-hydroxylation sites is 1. The molecule has 0 heterocycles. The number of carbonyl (C=O) groups is 2. The van der Waals surface area contributed by atoms with Crippen LogP contribution in [-0.2, 0) is 26.2 Å². The fourth-order valence-electron chi connectivity index (χ4n) is 3.94. The molecule has 0 unspecified atom stereocenters. The van der Waals surface area contributed by atoms with Crippen molar-refractivity contribution in [1.29, 1.82) is 0 Å². The molecule has 7 nitrogen and oxygen atoms in total. The topological polar surface area (TPSA) is 86.8 Å². The molecular weight excluding hydrogens is 557 g/mol. The Balaban J connectivity index is 2.03. The van der Waals surface area contributed by atoms with Gasteiger partial charge in [-0.2, -0.15) is 0 Å². The number of hydrogen-bond donors (Lipinski definition) is 1. The van der Waals surface area contributed by atoms with Crippen molar-refractivity contribution in [3.8, 4) is 0 Å². The molecule has 2 amide bonds. The zero-order chi connectivity index (χ0) is 28.7. The Kier molecular flexibility index (Phi) is 10.4. The molecule has 10 heteroatoms. The van der Waals surface area contributed by atoms with Gasteiger partial charge in [0.15, 0.2) is 0 Å². The molecule has 3 aromatic rings. The van der Waals surface area contributed by atoms with Gasteiger partial charge in [-0.3, -0.25) is 13.9 Å². The third-order valence-electron chi connectivity index (χ3n) is 6.20. The van der Waals surface area contributed by atoms with E-state index in [0.29, 0.717) is 33.4 Å². The van der Waals surface area contributed by atoms with Gasteiger partial charge in [0.25, 0.3) is 10.0 Å². The highest BCUT2D eigenvalue weighted by molar-refractivity contribution is 7.92. The molecule has 1 N–H and O–H groups in total. The smallest absolute Gasteiger partial charge is 0.264 e. The van der Waals surface area contributed by atoms with E-state index >= 15 is 0 Å². The zero-order valence-corrected chi connectivity index (χ0v) is 24.7. The number of benzene rings is 3. The number of hydrogen-bond acceptors (Lipinski definition) is 4. The van der Waals surface area contributed by atoms with Crippen molar-refractivity contribution in [2.45, 2.75) is 45.2 Å². The number of sulfonamides is 1. The van der Waals surface area contributed by atoms with Crippen LogP contribution in [0.25, 0.3) is 0 Å². The fourth-order valence-corrected chi connectivity index (χ4v) is 5.91. The summed E-state index contributed by atoms with van der Waals surface area (Å²) in [6, 6.07) is 18.9. The summed E-state index contributed by atoms with van der Waals surface area (Å²) < 4.78 is 28.7. The van der Waals surface area contributed by atoms with Gasteiger partial charge < -0.3 is 10.2 Å². The third-order valence-corrected chi connectivity index (χ3v) is 8.56. The van der Waals surface area contributed by atoms with Crippen LogP contribution in [0, 0.1) is 12.8 Å². The minimum Gasteiger partial charge on any atom is -0.354 e. The van der Waals surface area contributed by atoms with Crippen LogP contribution in [0.5, 0.6) is 0 Å². The Hall–Kier alpha value is -3.07. The number of nitrogens with one attached hydrogen (secondary N) is 1. The Morgan fingerprint density at radius 3 is 2.18 bits per heavy atom. The molecule has 3 aromatic carbocycles. The largest absolute Gasteiger partial charge is 0.354 e. The van der Waals surface area contributed by atoms with Gasteiger partial charge in [0, 0.05) is 23.1 Å². The number of anilines is 1. The first-order valence-corrected chi connectivity index (χ1v) is 14.8. The quantitative estimate of drug-likeness (QED) is 0.311. The Morgan fingerprint density at radius 2 is 1.56 bits per heavy atom. The van der Waals surface area contributed by atoms with E-state index in [1.807, 2.05) is 13.8 Å². The molecule has 0 saturated heterocycles. The van der Waals surface area contributed by atoms with E-state index in [1.165, 1.54) is 17.0 Å². The molecule has 0 aliphatic rings. The van der Waals surface area contributed by atoms with Gasteiger partial charge in [-0.25, -0.2) is 8.42 Å². The van der Waals surface area contributed by atoms with Crippen LogP contribution in [0.4, 0.5) is 5.69 Å². The summed E-state index contributed by atoms with van der Waals surface area (Å²) in [5, 5.41) is 3.63. The predicted octanol–water partition coefficient (Wildman–Crippen LogP) is 5.69. The molecule has 3 rings (SSSR count). The average molecular weight is 591 g/mol. The van der Waals surface area contributed by atoms with Crippen molar-refractivity contribution >= 4 is 50.7 Å². The zero-order valence-electron chi connectivity index (χ0n) is 22.4. The molecule has 0 aromatic heterocycles. The van der Waals surface area contributed by atoms with Crippen LogP contribution in [0.2, 0.25) is 10.0 Å². The molecule has 0 saturated carbocycles. The summed E-state index contributed by atoms with van der Waals surface area (Å²) in [4.78, 5) is 28.4. The van der Waals surface area contributed by atoms with Crippen molar-refractivity contribution in [3.05, 3.63) is 94.0 Å². The van der Waals surface area contributed by atoms with Crippen LogP contribution in [0.3, 0.4) is 0 Å². The van der Waals surface area contributed by atoms with E-state index in [2.05, 4.69) is 5.32 Å². The number of amides is 2. The number of aryl methyl sites for hydroxylation is 1. The maximum atomic E-state index is 14.0. The van der Waals surface area contributed by atoms with Gasteiger partial charge in [0.2, 0.25) is 11.8 Å². The highest BCUT2D eigenvalue weighted by atomic mass is 35.5. The van der Waals surface area contributed by atoms with Crippen LogP contribution in [-0.4, -0.2) is 44.3 Å². The summed E-state index contributed by atoms with van der Waals surface area (Å²) in [6.45, 7) is 7.23. The summed E-state index contributed by atoms with van der Waals surface area (Å²) >= 11 is 12.5. The predicted molar refractivity (Wildman–Crippen MR) is 156 cm³/mol. The van der Waals surface area contributed by atoms with Crippen LogP contribution in [0.15, 0.2) is 77.7 Å². The second-order valence-electron chi connectivity index (χ2n) is 9.68. The van der Waals surface area contributed by atoms with Crippen molar-refractivity contribution in [1.82, 2.24) is 10.2 Å². The molecule has 0 radical (unpaired) electrons. The van der Waals surface area contributed by atoms with E-state index in [1.54, 1.807) is 74.5 Å². The van der Waals surface area contributed by atoms with Gasteiger partial charge in [-0.05, 0) is 61.2 Å². The van der Waals surface area contributed by atoms with Gasteiger partial charge in [-0.15, -0.1) is 0 Å². The fraction of sp³-hybridized carbons (Fsp3) is 0.310. The number of carbonyl (C=O) groups excluding carboxylic acids is 2. The van der Waals surface area contributed by atoms with E-state index in [4.69, 9.17) is 23.2 Å². The standard InChI is InChI=1S/C29H33Cl2N3O4S/c1-20(2)17-32-29(36)22(4)33(18-23-14-15-24(30)16-26(23)31)28(35)19-34(27-13-9-8-10-21(27)3)39(37,38)25-11-6-5-7-12-25/h5-16,20,22H,17-19H2,1-4H3,(H,32,36)/t22-/m1/s1. The molecule has 39 heavy (non-hydrogen) atoms. The van der Waals surface area contributed by atoms with Crippen molar-refractivity contribution in [2.75, 3.05) is 17.4 Å². The highest BCUT2D eigenvalue weighted by Gasteiger charge is 2.33. The molecule has 0 bridgehead atoms. The van der Waals surface area contributed by atoms with E-state index < -0.39 is 28.5 Å². The lowest BCUT2D eigenvalue weighted by atomic mass is 10.1. The lowest BCUT2D eigenvalue weighted by Gasteiger charge is -2.32. The van der Waals surface area contributed by atoms with Crippen LogP contribution >= 0.6 is 23.2 Å². The summed E-state index contributed by atoms with van der Waals surface area (Å²) in [7, 11) is -4.12. The maximum Gasteiger partial charge on any atom is 0.264 e. The molecule has 0 spiro atoms. The van der Waals surface area contributed by atoms with Crippen molar-refractivity contribution in [3.63, 3.8) is 0 Å². The summed E-state index contributed by atoms with van der Waals surface area (Å²) in [5.41, 5.74) is 1.63. The minimum absolute atomic E-state index is 0.0158. The molecule has 0 aliphatic carbocycles. The van der Waals surface area contributed by atoms with Gasteiger partial charge in [0.1, 0.15) is 12.6 Å². The number of halogens is 2. The minimum atomic E-state index is -4.12. The van der Waals surface area contributed by atoms with Crippen molar-refractivity contribution in [2.24, 2.45) is 5.92 Å². The van der Waals surface area contributed by atoms with Gasteiger partial charge in [0.05, 0.1) is 10.6 Å². The second-order valence-corrected chi connectivity index (χ2v) is 12.4. The molecule has 0 aliphatic heterocycles. The lowest BCUT2D eigenvalue weighted by Crippen LogP contribution is -2.51. The van der Waals surface area contributed by atoms with E-state index in [0.717, 1.165) is 4.31 Å². The summed E-state index contributed by atoms with van der Waals surface area (Å²) in [6.07, 6.45) is 0. The molecular formula is C29H33Cl2N3O4S. The number of rotatable bonds is 11. The maximum absolute atomic E-state index is 14.0. The van der Waals surface area contributed by atoms with Crippen LogP contribution in [0.1, 0.15) is 31.9 Å². The molecule has 208 valence electrons. The first kappa shape index (κ1) is 30.5. The monoisotopic (exact) mass is 589 g/mol. The number of nitrogens with zero attached hydrogens (tertiary/aromatic N) is 2. The van der Waals surface area contributed by atoms with Crippen LogP contribution < -0.4 is 9.62 Å². The normalized spacial score (nSPS) is 12.2. The summed E-state index contributed by atoms with van der Waals surface area (Å²) in [5.74, 6) is -0.699. The molecule has 0 fully saturated rings. The Labute approximate surface area is 240 Å². The molecule has 1 atom stereocenters. The van der Waals surface area contributed by atoms with Crippen molar-refractivity contribution < 1.29 is 18.0 Å². The highest BCUT2D eigenvalue weighted by Crippen LogP contribution is 2.28. The SMILES string of the molecule is Cc1ccccc1N(CC(=O)N(Cc1ccc(Cl)cc1Cl)[C@H](C)C(=O)NCC(C)C)S(=O)(=O)c1ccccc1. The van der Waals surface area contributed by atoms with E-state index in [9.17, 15) is 18.0 Å². The Bertz CT molecular complexity index is 1420. The first-order chi connectivity index (χ1) is 18.4. The first-order valence-electron chi connectivity index (χ1n) is 12.6. The third kappa shape index (κ3) is 7.75.